The van der Waals surface area contributed by atoms with E-state index in [1.165, 1.54) is 6.07 Å². The molecule has 3 heteroatoms. The normalized spacial score (nSPS) is 12.5. The minimum atomic E-state index is -0.614. The summed E-state index contributed by atoms with van der Waals surface area (Å²) in [5.41, 5.74) is 1.49. The molecule has 0 saturated carbocycles. The van der Waals surface area contributed by atoms with Gasteiger partial charge < -0.3 is 0 Å². The van der Waals surface area contributed by atoms with Gasteiger partial charge in [0.05, 0.1) is 5.38 Å². The summed E-state index contributed by atoms with van der Waals surface area (Å²) < 4.78 is 26.8. The molecule has 0 aliphatic carbocycles. The van der Waals surface area contributed by atoms with Crippen molar-refractivity contribution in [3.63, 3.8) is 0 Å². The van der Waals surface area contributed by atoms with Crippen molar-refractivity contribution >= 4 is 11.6 Å². The second kappa shape index (κ2) is 4.84. The Labute approximate surface area is 104 Å². The maximum atomic E-state index is 13.6. The highest BCUT2D eigenvalue weighted by molar-refractivity contribution is 6.22. The zero-order valence-corrected chi connectivity index (χ0v) is 10.0. The van der Waals surface area contributed by atoms with Gasteiger partial charge in [-0.1, -0.05) is 30.3 Å². The first kappa shape index (κ1) is 12.1. The Hall–Kier alpha value is -1.41. The van der Waals surface area contributed by atoms with E-state index in [2.05, 4.69) is 0 Å². The smallest absolute Gasteiger partial charge is 0.131 e. The number of rotatable bonds is 2. The molecule has 0 amide bonds. The highest BCUT2D eigenvalue weighted by atomic mass is 35.5. The van der Waals surface area contributed by atoms with Crippen LogP contribution in [0.1, 0.15) is 22.1 Å². The van der Waals surface area contributed by atoms with Crippen LogP contribution in [0.4, 0.5) is 8.78 Å². The third kappa shape index (κ3) is 2.47. The Kier molecular flexibility index (Phi) is 3.43. The lowest BCUT2D eigenvalue weighted by Gasteiger charge is -2.12. The van der Waals surface area contributed by atoms with Crippen molar-refractivity contribution in [3.8, 4) is 0 Å². The van der Waals surface area contributed by atoms with Gasteiger partial charge in [0.25, 0.3) is 0 Å². The molecule has 17 heavy (non-hydrogen) atoms. The Balaban J connectivity index is 2.44. The summed E-state index contributed by atoms with van der Waals surface area (Å²) in [4.78, 5) is 0. The van der Waals surface area contributed by atoms with Crippen molar-refractivity contribution in [2.24, 2.45) is 0 Å². The number of hydrogen-bond donors (Lipinski definition) is 0. The molecule has 1 atom stereocenters. The second-order valence-electron chi connectivity index (χ2n) is 3.90. The van der Waals surface area contributed by atoms with E-state index in [-0.39, 0.29) is 0 Å². The zero-order chi connectivity index (χ0) is 12.4. The van der Waals surface area contributed by atoms with Crippen molar-refractivity contribution in [2.75, 3.05) is 0 Å². The first-order valence-corrected chi connectivity index (χ1v) is 5.68. The van der Waals surface area contributed by atoms with Crippen LogP contribution in [-0.2, 0) is 0 Å². The molecule has 88 valence electrons. The number of halogens is 3. The lowest BCUT2D eigenvalue weighted by Crippen LogP contribution is -1.99. The predicted molar refractivity (Wildman–Crippen MR) is 65.2 cm³/mol. The van der Waals surface area contributed by atoms with Gasteiger partial charge in [0.1, 0.15) is 11.6 Å². The molecule has 2 aromatic carbocycles. The van der Waals surface area contributed by atoms with E-state index in [0.717, 1.165) is 11.6 Å². The lowest BCUT2D eigenvalue weighted by atomic mass is 10.0. The standard InChI is InChI=1S/C14H11ClF2/c1-9-7-11(13(17)8-12(9)16)14(15)10-5-3-2-4-6-10/h2-8,14H,1H3. The lowest BCUT2D eigenvalue weighted by molar-refractivity contribution is 0.568. The topological polar surface area (TPSA) is 0 Å². The van der Waals surface area contributed by atoms with Crippen molar-refractivity contribution in [1.29, 1.82) is 0 Å². The molecule has 0 heterocycles. The molecule has 2 aromatic rings. The molecule has 0 spiro atoms. The molecule has 0 bridgehead atoms. The van der Waals surface area contributed by atoms with Crippen molar-refractivity contribution in [3.05, 3.63) is 70.8 Å². The summed E-state index contributed by atoms with van der Waals surface area (Å²) in [6.45, 7) is 1.59. The van der Waals surface area contributed by atoms with E-state index in [4.69, 9.17) is 11.6 Å². The third-order valence-corrected chi connectivity index (χ3v) is 3.13. The van der Waals surface area contributed by atoms with E-state index in [1.54, 1.807) is 6.92 Å². The van der Waals surface area contributed by atoms with E-state index in [1.807, 2.05) is 30.3 Å². The highest BCUT2D eigenvalue weighted by Crippen LogP contribution is 2.31. The summed E-state index contributed by atoms with van der Waals surface area (Å²) in [6, 6.07) is 11.5. The summed E-state index contributed by atoms with van der Waals surface area (Å²) in [6.07, 6.45) is 0. The molecule has 2 rings (SSSR count). The van der Waals surface area contributed by atoms with Gasteiger partial charge in [-0.2, -0.15) is 0 Å². The third-order valence-electron chi connectivity index (χ3n) is 2.64. The van der Waals surface area contributed by atoms with Crippen LogP contribution in [0.25, 0.3) is 0 Å². The number of hydrogen-bond acceptors (Lipinski definition) is 0. The first-order valence-electron chi connectivity index (χ1n) is 5.24. The molecule has 0 aliphatic heterocycles. The molecule has 0 nitrogen and oxygen atoms in total. The Morgan fingerprint density at radius 2 is 1.65 bits per heavy atom. The average molecular weight is 253 g/mol. The van der Waals surface area contributed by atoms with Crippen molar-refractivity contribution in [2.45, 2.75) is 12.3 Å². The van der Waals surface area contributed by atoms with E-state index in [0.29, 0.717) is 11.1 Å². The fraction of sp³-hybridized carbons (Fsp3) is 0.143. The van der Waals surface area contributed by atoms with Crippen LogP contribution in [-0.4, -0.2) is 0 Å². The summed E-state index contributed by atoms with van der Waals surface area (Å²) >= 11 is 6.20. The molecule has 0 radical (unpaired) electrons. The van der Waals surface area contributed by atoms with E-state index in [9.17, 15) is 8.78 Å². The molecule has 0 saturated heterocycles. The van der Waals surface area contributed by atoms with Crippen LogP contribution in [0.5, 0.6) is 0 Å². The van der Waals surface area contributed by atoms with E-state index < -0.39 is 17.0 Å². The number of aryl methyl sites for hydroxylation is 1. The van der Waals surface area contributed by atoms with Gasteiger partial charge >= 0.3 is 0 Å². The van der Waals surface area contributed by atoms with Crippen LogP contribution in [0.2, 0.25) is 0 Å². The Morgan fingerprint density at radius 1 is 1.00 bits per heavy atom. The summed E-state index contributed by atoms with van der Waals surface area (Å²) in [5.74, 6) is -1.17. The van der Waals surface area contributed by atoms with Crippen molar-refractivity contribution in [1.82, 2.24) is 0 Å². The molecule has 0 aliphatic rings. The minimum absolute atomic E-state index is 0.303. The van der Waals surface area contributed by atoms with Crippen LogP contribution >= 0.6 is 11.6 Å². The fourth-order valence-electron chi connectivity index (χ4n) is 1.68. The first-order chi connectivity index (χ1) is 8.09. The molecule has 0 aromatic heterocycles. The van der Waals surface area contributed by atoms with Crippen LogP contribution in [0.15, 0.2) is 42.5 Å². The van der Waals surface area contributed by atoms with Gasteiger partial charge in [-0.3, -0.25) is 0 Å². The number of benzene rings is 2. The maximum Gasteiger partial charge on any atom is 0.131 e. The average Bonchev–Trinajstić information content (AvgIpc) is 2.34. The SMILES string of the molecule is Cc1cc(C(Cl)c2ccccc2)c(F)cc1F. The van der Waals surface area contributed by atoms with Crippen LogP contribution in [0.3, 0.4) is 0 Å². The van der Waals surface area contributed by atoms with E-state index >= 15 is 0 Å². The maximum absolute atomic E-state index is 13.6. The Bertz CT molecular complexity index is 523. The second-order valence-corrected chi connectivity index (χ2v) is 4.33. The van der Waals surface area contributed by atoms with Gasteiger partial charge in [0, 0.05) is 11.6 Å². The Morgan fingerprint density at radius 3 is 2.29 bits per heavy atom. The van der Waals surface area contributed by atoms with Crippen molar-refractivity contribution < 1.29 is 8.78 Å². The molecule has 0 fully saturated rings. The molecular weight excluding hydrogens is 242 g/mol. The van der Waals surface area contributed by atoms with Crippen LogP contribution in [0, 0.1) is 18.6 Å². The highest BCUT2D eigenvalue weighted by Gasteiger charge is 2.16. The van der Waals surface area contributed by atoms with Gasteiger partial charge in [-0.25, -0.2) is 8.78 Å². The quantitative estimate of drug-likeness (QED) is 0.685. The fourth-order valence-corrected chi connectivity index (χ4v) is 1.99. The predicted octanol–water partition coefficient (Wildman–Crippen LogP) is 4.60. The largest absolute Gasteiger partial charge is 0.207 e. The molecule has 0 N–H and O–H groups in total. The summed E-state index contributed by atoms with van der Waals surface area (Å²) in [5, 5.41) is -0.601. The number of alkyl halides is 1. The van der Waals surface area contributed by atoms with Gasteiger partial charge in [0.15, 0.2) is 0 Å². The van der Waals surface area contributed by atoms with Gasteiger partial charge in [-0.05, 0) is 24.1 Å². The minimum Gasteiger partial charge on any atom is -0.207 e. The zero-order valence-electron chi connectivity index (χ0n) is 9.25. The monoisotopic (exact) mass is 252 g/mol. The van der Waals surface area contributed by atoms with Gasteiger partial charge in [-0.15, -0.1) is 11.6 Å². The van der Waals surface area contributed by atoms with Crippen LogP contribution < -0.4 is 0 Å². The molecule has 1 unspecified atom stereocenters. The van der Waals surface area contributed by atoms with Gasteiger partial charge in [0.2, 0.25) is 0 Å². The molecular formula is C14H11ClF2. The summed E-state index contributed by atoms with van der Waals surface area (Å²) in [7, 11) is 0.